The number of aryl methyl sites for hydroxylation is 1. The number of rotatable bonds is 6. The van der Waals surface area contributed by atoms with Crippen molar-refractivity contribution >= 4 is 29.2 Å². The summed E-state index contributed by atoms with van der Waals surface area (Å²) in [4.78, 5) is 32.5. The normalized spacial score (nSPS) is 16.7. The van der Waals surface area contributed by atoms with Gasteiger partial charge in [0.1, 0.15) is 5.75 Å². The number of non-ortho nitro benzene ring substituents is 1. The number of carbonyl (C=O) groups is 1. The van der Waals surface area contributed by atoms with Crippen molar-refractivity contribution in [3.8, 4) is 5.75 Å². The van der Waals surface area contributed by atoms with E-state index < -0.39 is 4.92 Å². The summed E-state index contributed by atoms with van der Waals surface area (Å²) in [5, 5.41) is 11.4. The minimum atomic E-state index is -0.491. The van der Waals surface area contributed by atoms with Gasteiger partial charge in [-0.3, -0.25) is 24.8 Å². The van der Waals surface area contributed by atoms with Crippen LogP contribution < -0.4 is 9.64 Å². The fraction of sp³-hybridized carbons (Fsp3) is 0.364. The third-order valence-electron chi connectivity index (χ3n) is 5.44. The van der Waals surface area contributed by atoms with E-state index in [1.165, 1.54) is 17.0 Å². The number of nitrogens with zero attached hydrogens (tertiary/aromatic N) is 4. The first-order valence-electron chi connectivity index (χ1n) is 9.77. The molecule has 1 aliphatic rings. The van der Waals surface area contributed by atoms with Gasteiger partial charge >= 0.3 is 0 Å². The SMILES string of the molecule is COc1ccc(N(C)C(=O)c2cc([N+](=O)[O-])cc(C)c2N=CC2CCCN2C)cc1. The van der Waals surface area contributed by atoms with Crippen molar-refractivity contribution < 1.29 is 14.5 Å². The number of benzene rings is 2. The molecule has 1 heterocycles. The molecule has 0 aromatic heterocycles. The highest BCUT2D eigenvalue weighted by atomic mass is 16.6. The number of aliphatic imine (C=N–C) groups is 1. The van der Waals surface area contributed by atoms with E-state index in [-0.39, 0.29) is 23.2 Å². The van der Waals surface area contributed by atoms with Gasteiger partial charge in [-0.1, -0.05) is 0 Å². The lowest BCUT2D eigenvalue weighted by atomic mass is 10.0. The predicted molar refractivity (Wildman–Crippen MR) is 117 cm³/mol. The molecule has 0 N–H and O–H groups in total. The van der Waals surface area contributed by atoms with E-state index in [1.807, 2.05) is 13.3 Å². The van der Waals surface area contributed by atoms with Gasteiger partial charge in [0.05, 0.1) is 23.3 Å². The number of ether oxygens (including phenoxy) is 1. The average molecular weight is 410 g/mol. The second-order valence-corrected chi connectivity index (χ2v) is 7.45. The number of nitro benzene ring substituents is 1. The molecule has 1 saturated heterocycles. The lowest BCUT2D eigenvalue weighted by molar-refractivity contribution is -0.384. The minimum Gasteiger partial charge on any atom is -0.497 e. The molecule has 1 fully saturated rings. The molecule has 3 rings (SSSR count). The third-order valence-corrected chi connectivity index (χ3v) is 5.44. The molecule has 0 bridgehead atoms. The van der Waals surface area contributed by atoms with Crippen molar-refractivity contribution in [2.24, 2.45) is 4.99 Å². The highest BCUT2D eigenvalue weighted by Crippen LogP contribution is 2.32. The molecule has 0 aliphatic carbocycles. The average Bonchev–Trinajstić information content (AvgIpc) is 3.16. The van der Waals surface area contributed by atoms with Crippen LogP contribution in [0.3, 0.4) is 0 Å². The summed E-state index contributed by atoms with van der Waals surface area (Å²) in [6.45, 7) is 2.74. The van der Waals surface area contributed by atoms with Crippen molar-refractivity contribution in [3.63, 3.8) is 0 Å². The Labute approximate surface area is 175 Å². The van der Waals surface area contributed by atoms with E-state index in [9.17, 15) is 14.9 Å². The molecular formula is C22H26N4O4. The van der Waals surface area contributed by atoms with Gasteiger partial charge in [-0.2, -0.15) is 0 Å². The van der Waals surface area contributed by atoms with Crippen LogP contribution in [-0.4, -0.2) is 55.7 Å². The molecule has 8 heteroatoms. The molecule has 8 nitrogen and oxygen atoms in total. The molecular weight excluding hydrogens is 384 g/mol. The van der Waals surface area contributed by atoms with Crippen LogP contribution in [0.4, 0.5) is 17.1 Å². The van der Waals surface area contributed by atoms with E-state index in [1.54, 1.807) is 45.3 Å². The zero-order valence-electron chi connectivity index (χ0n) is 17.7. The van der Waals surface area contributed by atoms with Gasteiger partial charge in [0.15, 0.2) is 0 Å². The predicted octanol–water partition coefficient (Wildman–Crippen LogP) is 3.98. The van der Waals surface area contributed by atoms with Gasteiger partial charge in [-0.25, -0.2) is 0 Å². The van der Waals surface area contributed by atoms with E-state index in [2.05, 4.69) is 9.89 Å². The maximum atomic E-state index is 13.3. The van der Waals surface area contributed by atoms with Gasteiger partial charge in [0.25, 0.3) is 11.6 Å². The van der Waals surface area contributed by atoms with Crippen LogP contribution in [0.15, 0.2) is 41.4 Å². The molecule has 0 spiro atoms. The summed E-state index contributed by atoms with van der Waals surface area (Å²) >= 11 is 0. The molecule has 1 unspecified atom stereocenters. The van der Waals surface area contributed by atoms with Crippen LogP contribution in [0.5, 0.6) is 5.75 Å². The molecule has 0 radical (unpaired) electrons. The van der Waals surface area contributed by atoms with Crippen molar-refractivity contribution in [1.82, 2.24) is 4.90 Å². The van der Waals surface area contributed by atoms with Crippen LogP contribution in [0.25, 0.3) is 0 Å². The largest absolute Gasteiger partial charge is 0.497 e. The third kappa shape index (κ3) is 4.49. The highest BCUT2D eigenvalue weighted by Gasteiger charge is 2.24. The molecule has 30 heavy (non-hydrogen) atoms. The summed E-state index contributed by atoms with van der Waals surface area (Å²) in [6, 6.07) is 9.99. The number of hydrogen-bond donors (Lipinski definition) is 0. The monoisotopic (exact) mass is 410 g/mol. The lowest BCUT2D eigenvalue weighted by Crippen LogP contribution is -2.27. The standard InChI is InChI=1S/C22H26N4O4/c1-15-12-18(26(28)29)13-20(21(15)23-14-17-6-5-11-24(17)2)22(27)25(3)16-7-9-19(30-4)10-8-16/h7-10,12-14,17H,5-6,11H2,1-4H3. The molecule has 2 aromatic carbocycles. The minimum absolute atomic E-state index is 0.129. The number of likely N-dealkylation sites (tertiary alicyclic amines) is 1. The van der Waals surface area contributed by atoms with E-state index >= 15 is 0 Å². The van der Waals surface area contributed by atoms with Crippen LogP contribution in [0.1, 0.15) is 28.8 Å². The first-order valence-corrected chi connectivity index (χ1v) is 9.77. The summed E-state index contributed by atoms with van der Waals surface area (Å²) < 4.78 is 5.16. The van der Waals surface area contributed by atoms with Crippen molar-refractivity contribution in [2.75, 3.05) is 32.6 Å². The molecule has 1 aliphatic heterocycles. The van der Waals surface area contributed by atoms with Crippen molar-refractivity contribution in [1.29, 1.82) is 0 Å². The highest BCUT2D eigenvalue weighted by molar-refractivity contribution is 6.10. The number of amides is 1. The van der Waals surface area contributed by atoms with E-state index in [0.717, 1.165) is 19.4 Å². The van der Waals surface area contributed by atoms with Gasteiger partial charge in [-0.15, -0.1) is 0 Å². The molecule has 1 amide bonds. The number of methoxy groups -OCH3 is 1. The first-order chi connectivity index (χ1) is 14.3. The number of carbonyl (C=O) groups excluding carboxylic acids is 1. The van der Waals surface area contributed by atoms with Gasteiger partial charge < -0.3 is 9.64 Å². The first kappa shape index (κ1) is 21.4. The molecule has 158 valence electrons. The molecule has 1 atom stereocenters. The number of anilines is 1. The smallest absolute Gasteiger partial charge is 0.270 e. The van der Waals surface area contributed by atoms with Gasteiger partial charge in [0.2, 0.25) is 0 Å². The fourth-order valence-corrected chi connectivity index (χ4v) is 3.59. The van der Waals surface area contributed by atoms with Crippen LogP contribution >= 0.6 is 0 Å². The summed E-state index contributed by atoms with van der Waals surface area (Å²) in [6.07, 6.45) is 3.94. The zero-order chi connectivity index (χ0) is 21.8. The lowest BCUT2D eigenvalue weighted by Gasteiger charge is -2.20. The Morgan fingerprint density at radius 2 is 2.03 bits per heavy atom. The van der Waals surface area contributed by atoms with Crippen molar-refractivity contribution in [3.05, 3.63) is 57.6 Å². The molecule has 2 aromatic rings. The number of nitro groups is 1. The topological polar surface area (TPSA) is 88.3 Å². The maximum absolute atomic E-state index is 13.3. The quantitative estimate of drug-likeness (QED) is 0.408. The summed E-state index contributed by atoms with van der Waals surface area (Å²) in [5.41, 5.74) is 1.78. The fourth-order valence-electron chi connectivity index (χ4n) is 3.59. The van der Waals surface area contributed by atoms with Gasteiger partial charge in [-0.05, 0) is 63.2 Å². The Balaban J connectivity index is 2.00. The second kappa shape index (κ2) is 9.04. The zero-order valence-corrected chi connectivity index (χ0v) is 17.7. The Kier molecular flexibility index (Phi) is 6.47. The second-order valence-electron chi connectivity index (χ2n) is 7.45. The summed E-state index contributed by atoms with van der Waals surface area (Å²) in [5.74, 6) is 0.315. The van der Waals surface area contributed by atoms with Crippen LogP contribution in [0, 0.1) is 17.0 Å². The molecule has 0 saturated carbocycles. The van der Waals surface area contributed by atoms with Crippen molar-refractivity contribution in [2.45, 2.75) is 25.8 Å². The Hall–Kier alpha value is -3.26. The Morgan fingerprint density at radius 3 is 2.60 bits per heavy atom. The Morgan fingerprint density at radius 1 is 1.33 bits per heavy atom. The van der Waals surface area contributed by atoms with Gasteiger partial charge in [0, 0.05) is 37.1 Å². The Bertz CT molecular complexity index is 972. The number of hydrogen-bond acceptors (Lipinski definition) is 6. The van der Waals surface area contributed by atoms with Crippen LogP contribution in [-0.2, 0) is 0 Å². The summed E-state index contributed by atoms with van der Waals surface area (Å²) in [7, 11) is 5.24. The van der Waals surface area contributed by atoms with E-state index in [4.69, 9.17) is 4.74 Å². The van der Waals surface area contributed by atoms with Crippen LogP contribution in [0.2, 0.25) is 0 Å². The van der Waals surface area contributed by atoms with E-state index in [0.29, 0.717) is 22.7 Å². The maximum Gasteiger partial charge on any atom is 0.270 e.